The van der Waals surface area contributed by atoms with E-state index in [-0.39, 0.29) is 10.8 Å². The molecule has 66 valence electrons. The lowest BCUT2D eigenvalue weighted by molar-refractivity contribution is 0.247. The van der Waals surface area contributed by atoms with Crippen molar-refractivity contribution in [2.75, 3.05) is 0 Å². The van der Waals surface area contributed by atoms with Crippen LogP contribution in [0.3, 0.4) is 0 Å². The summed E-state index contributed by atoms with van der Waals surface area (Å²) in [6.45, 7) is 4.62. The standard InChI is InChI=1S/C10H12Br2/c1-9-5-3-8(12)10(9,2)6-4-7(9)11/h3-8H,1-2H3. The molecule has 2 aliphatic carbocycles. The van der Waals surface area contributed by atoms with Crippen LogP contribution in [0.4, 0.5) is 0 Å². The maximum absolute atomic E-state index is 3.71. The average Bonchev–Trinajstić information content (AvgIpc) is 2.39. The molecule has 12 heavy (non-hydrogen) atoms. The number of hydrogen-bond donors (Lipinski definition) is 0. The first-order valence-corrected chi connectivity index (χ1v) is 6.01. The predicted molar refractivity (Wildman–Crippen MR) is 59.9 cm³/mol. The van der Waals surface area contributed by atoms with Crippen LogP contribution in [0, 0.1) is 10.8 Å². The van der Waals surface area contributed by atoms with Gasteiger partial charge in [0.2, 0.25) is 0 Å². The largest absolute Gasteiger partial charge is 0.0836 e. The van der Waals surface area contributed by atoms with Crippen LogP contribution in [0.2, 0.25) is 0 Å². The van der Waals surface area contributed by atoms with Crippen LogP contribution < -0.4 is 0 Å². The molecule has 2 heteroatoms. The number of hydrogen-bond acceptors (Lipinski definition) is 0. The molecule has 0 aromatic rings. The van der Waals surface area contributed by atoms with Gasteiger partial charge in [0.15, 0.2) is 0 Å². The monoisotopic (exact) mass is 290 g/mol. The van der Waals surface area contributed by atoms with Crippen LogP contribution in [-0.4, -0.2) is 9.65 Å². The molecule has 0 heterocycles. The third-order valence-electron chi connectivity index (χ3n) is 3.53. The Morgan fingerprint density at radius 3 is 1.58 bits per heavy atom. The first-order chi connectivity index (χ1) is 5.51. The molecule has 0 aromatic heterocycles. The van der Waals surface area contributed by atoms with Gasteiger partial charge in [-0.2, -0.15) is 0 Å². The van der Waals surface area contributed by atoms with E-state index in [1.54, 1.807) is 0 Å². The third-order valence-corrected chi connectivity index (χ3v) is 6.04. The fraction of sp³-hybridized carbons (Fsp3) is 0.600. The average molecular weight is 292 g/mol. The number of alkyl halides is 2. The molecule has 0 nitrogen and oxygen atoms in total. The van der Waals surface area contributed by atoms with Gasteiger partial charge < -0.3 is 0 Å². The van der Waals surface area contributed by atoms with Crippen LogP contribution >= 0.6 is 31.9 Å². The second kappa shape index (κ2) is 2.48. The summed E-state index contributed by atoms with van der Waals surface area (Å²) in [6, 6.07) is 0. The summed E-state index contributed by atoms with van der Waals surface area (Å²) in [5, 5.41) is 0. The fourth-order valence-electron chi connectivity index (χ4n) is 2.11. The van der Waals surface area contributed by atoms with Crippen molar-refractivity contribution in [3.63, 3.8) is 0 Å². The number of halogens is 2. The summed E-state index contributed by atoms with van der Waals surface area (Å²) in [4.78, 5) is 0.961. The highest BCUT2D eigenvalue weighted by atomic mass is 79.9. The van der Waals surface area contributed by atoms with Crippen LogP contribution in [0.25, 0.3) is 0 Å². The van der Waals surface area contributed by atoms with Gasteiger partial charge in [0, 0.05) is 20.5 Å². The third kappa shape index (κ3) is 0.832. The van der Waals surface area contributed by atoms with Gasteiger partial charge in [-0.05, 0) is 0 Å². The topological polar surface area (TPSA) is 0 Å². The Balaban J connectivity index is 2.48. The normalized spacial score (nSPS) is 56.3. The Bertz CT molecular complexity index is 241. The maximum atomic E-state index is 3.71. The van der Waals surface area contributed by atoms with E-state index in [9.17, 15) is 0 Å². The minimum absolute atomic E-state index is 0.251. The highest BCUT2D eigenvalue weighted by Crippen LogP contribution is 2.59. The molecule has 0 fully saturated rings. The summed E-state index contributed by atoms with van der Waals surface area (Å²) >= 11 is 7.41. The lowest BCUT2D eigenvalue weighted by Crippen LogP contribution is -2.37. The highest BCUT2D eigenvalue weighted by molar-refractivity contribution is 9.10. The molecular formula is C10H12Br2. The maximum Gasteiger partial charge on any atom is 0.0422 e. The molecule has 0 radical (unpaired) electrons. The van der Waals surface area contributed by atoms with E-state index in [1.165, 1.54) is 0 Å². The highest BCUT2D eigenvalue weighted by Gasteiger charge is 2.54. The molecule has 0 saturated heterocycles. The Morgan fingerprint density at radius 1 is 0.917 bits per heavy atom. The molecule has 0 spiro atoms. The van der Waals surface area contributed by atoms with E-state index in [0.717, 1.165) is 0 Å². The molecule has 4 unspecified atom stereocenters. The van der Waals surface area contributed by atoms with E-state index in [2.05, 4.69) is 70.0 Å². The second-order valence-corrected chi connectivity index (χ2v) is 6.06. The van der Waals surface area contributed by atoms with Gasteiger partial charge >= 0.3 is 0 Å². The van der Waals surface area contributed by atoms with Gasteiger partial charge in [-0.1, -0.05) is 70.0 Å². The van der Waals surface area contributed by atoms with Crippen molar-refractivity contribution in [2.45, 2.75) is 23.5 Å². The minimum Gasteiger partial charge on any atom is -0.0836 e. The van der Waals surface area contributed by atoms with Crippen molar-refractivity contribution >= 4 is 31.9 Å². The van der Waals surface area contributed by atoms with E-state index >= 15 is 0 Å². The predicted octanol–water partition coefficient (Wildman–Crippen LogP) is 3.67. The van der Waals surface area contributed by atoms with Gasteiger partial charge in [0.25, 0.3) is 0 Å². The molecule has 0 saturated carbocycles. The van der Waals surface area contributed by atoms with E-state index in [1.807, 2.05) is 0 Å². The van der Waals surface area contributed by atoms with Gasteiger partial charge in [-0.3, -0.25) is 0 Å². The van der Waals surface area contributed by atoms with Crippen molar-refractivity contribution in [3.05, 3.63) is 24.3 Å². The lowest BCUT2D eigenvalue weighted by atomic mass is 9.70. The molecule has 4 atom stereocenters. The second-order valence-electron chi connectivity index (χ2n) is 4.09. The molecule has 0 aromatic carbocycles. The van der Waals surface area contributed by atoms with Crippen molar-refractivity contribution in [1.29, 1.82) is 0 Å². The minimum atomic E-state index is 0.251. The Kier molecular flexibility index (Phi) is 1.86. The zero-order chi connectivity index (χ0) is 8.98. The summed E-state index contributed by atoms with van der Waals surface area (Å²) in [7, 11) is 0. The lowest BCUT2D eigenvalue weighted by Gasteiger charge is -2.38. The molecular weight excluding hydrogens is 280 g/mol. The molecule has 0 amide bonds. The zero-order valence-corrected chi connectivity index (χ0v) is 10.4. The first-order valence-electron chi connectivity index (χ1n) is 4.17. The number of rotatable bonds is 0. The quantitative estimate of drug-likeness (QED) is 0.472. The molecule has 0 N–H and O–H groups in total. The van der Waals surface area contributed by atoms with Crippen LogP contribution in [-0.2, 0) is 0 Å². The fourth-order valence-corrected chi connectivity index (χ4v) is 3.70. The van der Waals surface area contributed by atoms with Crippen LogP contribution in [0.1, 0.15) is 13.8 Å². The van der Waals surface area contributed by atoms with Crippen molar-refractivity contribution in [1.82, 2.24) is 0 Å². The summed E-state index contributed by atoms with van der Waals surface area (Å²) in [6.07, 6.45) is 9.17. The van der Waals surface area contributed by atoms with Crippen LogP contribution in [0.5, 0.6) is 0 Å². The van der Waals surface area contributed by atoms with Gasteiger partial charge in [0.05, 0.1) is 0 Å². The Hall–Kier alpha value is 0.440. The zero-order valence-electron chi connectivity index (χ0n) is 7.22. The summed E-state index contributed by atoms with van der Waals surface area (Å²) in [5.41, 5.74) is 0.502. The molecule has 0 aliphatic heterocycles. The van der Waals surface area contributed by atoms with Crippen molar-refractivity contribution < 1.29 is 0 Å². The molecule has 2 rings (SSSR count). The Labute approximate surface area is 90.4 Å². The summed E-state index contributed by atoms with van der Waals surface area (Å²) in [5.74, 6) is 0. The summed E-state index contributed by atoms with van der Waals surface area (Å²) < 4.78 is 0. The van der Waals surface area contributed by atoms with E-state index in [4.69, 9.17) is 0 Å². The van der Waals surface area contributed by atoms with Crippen LogP contribution in [0.15, 0.2) is 24.3 Å². The molecule has 2 aliphatic rings. The van der Waals surface area contributed by atoms with Gasteiger partial charge in [-0.15, -0.1) is 0 Å². The van der Waals surface area contributed by atoms with Gasteiger partial charge in [0.1, 0.15) is 0 Å². The Morgan fingerprint density at radius 2 is 1.25 bits per heavy atom. The van der Waals surface area contributed by atoms with Crippen molar-refractivity contribution in [2.24, 2.45) is 10.8 Å². The first kappa shape index (κ1) is 9.01. The van der Waals surface area contributed by atoms with E-state index in [0.29, 0.717) is 9.65 Å². The van der Waals surface area contributed by atoms with Crippen molar-refractivity contribution in [3.8, 4) is 0 Å². The molecule has 0 bridgehead atoms. The number of fused-ring (bicyclic) bond motifs is 1. The van der Waals surface area contributed by atoms with Gasteiger partial charge in [-0.25, -0.2) is 0 Å². The smallest absolute Gasteiger partial charge is 0.0422 e. The number of allylic oxidation sites excluding steroid dienone is 4. The van der Waals surface area contributed by atoms with E-state index < -0.39 is 0 Å². The SMILES string of the molecule is CC12C=CC(Br)C1(C)C=CC2Br.